The van der Waals surface area contributed by atoms with Crippen LogP contribution < -0.4 is 4.90 Å². The highest BCUT2D eigenvalue weighted by molar-refractivity contribution is 6.18. The summed E-state index contributed by atoms with van der Waals surface area (Å²) in [5, 5.41) is 0. The highest BCUT2D eigenvalue weighted by Gasteiger charge is 2.18. The first-order chi connectivity index (χ1) is 8.85. The smallest absolute Gasteiger partial charge is 0.184 e. The topological polar surface area (TPSA) is 21.7 Å². The van der Waals surface area contributed by atoms with Gasteiger partial charge in [-0.05, 0) is 12.1 Å². The van der Waals surface area contributed by atoms with Gasteiger partial charge in [-0.25, -0.2) is 0 Å². The lowest BCUT2D eigenvalue weighted by atomic mass is 10.2. The Balaban J connectivity index is 2.04. The van der Waals surface area contributed by atoms with Crippen LogP contribution in [-0.4, -0.2) is 38.1 Å². The van der Waals surface area contributed by atoms with Crippen LogP contribution in [0, 0.1) is 0 Å². The molecule has 0 spiro atoms. The quantitative estimate of drug-likeness (QED) is 0.752. The highest BCUT2D eigenvalue weighted by atomic mass is 35.5. The van der Waals surface area contributed by atoms with Crippen LogP contribution >= 0.6 is 23.2 Å². The van der Waals surface area contributed by atoms with Gasteiger partial charge in [0, 0.05) is 36.1 Å². The largest absolute Gasteiger partial charge is 0.369 e. The van der Waals surface area contributed by atoms with E-state index >= 15 is 0 Å². The van der Waals surface area contributed by atoms with E-state index in [1.165, 1.54) is 0 Å². The van der Waals surface area contributed by atoms with Crippen molar-refractivity contribution in [3.05, 3.63) is 29.8 Å². The first kappa shape index (κ1) is 13.9. The van der Waals surface area contributed by atoms with Gasteiger partial charge < -0.3 is 14.4 Å². The number of hydrogen-bond acceptors (Lipinski definition) is 3. The third-order valence-corrected chi connectivity index (χ3v) is 3.20. The number of alkyl halides is 2. The fourth-order valence-electron chi connectivity index (χ4n) is 1.97. The van der Waals surface area contributed by atoms with Crippen molar-refractivity contribution in [1.82, 2.24) is 0 Å². The minimum absolute atomic E-state index is 0.214. The van der Waals surface area contributed by atoms with Crippen molar-refractivity contribution >= 4 is 28.9 Å². The van der Waals surface area contributed by atoms with E-state index in [0.29, 0.717) is 25.0 Å². The average Bonchev–Trinajstić information content (AvgIpc) is 2.93. The van der Waals surface area contributed by atoms with E-state index in [9.17, 15) is 0 Å². The SMILES string of the molecule is ClCCN(CCCl)c1ccc(C2OCCO2)cc1. The predicted octanol–water partition coefficient (Wildman–Crippen LogP) is 3.02. The molecule has 0 radical (unpaired) electrons. The van der Waals surface area contributed by atoms with E-state index in [-0.39, 0.29) is 6.29 Å². The first-order valence-corrected chi connectivity index (χ1v) is 7.12. The molecule has 0 amide bonds. The molecule has 18 heavy (non-hydrogen) atoms. The van der Waals surface area contributed by atoms with Gasteiger partial charge in [0.1, 0.15) is 0 Å². The van der Waals surface area contributed by atoms with Crippen LogP contribution in [0.25, 0.3) is 0 Å². The minimum atomic E-state index is -0.214. The van der Waals surface area contributed by atoms with Gasteiger partial charge in [-0.2, -0.15) is 0 Å². The zero-order valence-electron chi connectivity index (χ0n) is 10.1. The molecular formula is C13H17Cl2NO2. The summed E-state index contributed by atoms with van der Waals surface area (Å²) in [5.74, 6) is 1.18. The molecular weight excluding hydrogens is 273 g/mol. The van der Waals surface area contributed by atoms with Gasteiger partial charge in [0.2, 0.25) is 0 Å². The third-order valence-electron chi connectivity index (χ3n) is 2.86. The van der Waals surface area contributed by atoms with Crippen molar-refractivity contribution in [2.75, 3.05) is 43.0 Å². The molecule has 0 bridgehead atoms. The summed E-state index contributed by atoms with van der Waals surface area (Å²) >= 11 is 11.6. The van der Waals surface area contributed by atoms with Crippen molar-refractivity contribution in [2.45, 2.75) is 6.29 Å². The zero-order valence-corrected chi connectivity index (χ0v) is 11.7. The number of halogens is 2. The molecule has 100 valence electrons. The van der Waals surface area contributed by atoms with E-state index in [4.69, 9.17) is 32.7 Å². The molecule has 0 aromatic heterocycles. The monoisotopic (exact) mass is 289 g/mol. The molecule has 1 heterocycles. The summed E-state index contributed by atoms with van der Waals surface area (Å²) in [6.45, 7) is 2.92. The van der Waals surface area contributed by atoms with Crippen LogP contribution in [0.2, 0.25) is 0 Å². The van der Waals surface area contributed by atoms with Crippen LogP contribution in [0.3, 0.4) is 0 Å². The van der Waals surface area contributed by atoms with E-state index < -0.39 is 0 Å². The molecule has 0 atom stereocenters. The van der Waals surface area contributed by atoms with Crippen molar-refractivity contribution in [1.29, 1.82) is 0 Å². The lowest BCUT2D eigenvalue weighted by Crippen LogP contribution is -2.27. The van der Waals surface area contributed by atoms with E-state index in [2.05, 4.69) is 17.0 Å². The van der Waals surface area contributed by atoms with Crippen LogP contribution in [0.5, 0.6) is 0 Å². The van der Waals surface area contributed by atoms with E-state index in [1.54, 1.807) is 0 Å². The number of ether oxygens (including phenoxy) is 2. The molecule has 0 aliphatic carbocycles. The second kappa shape index (κ2) is 7.19. The maximum absolute atomic E-state index is 5.79. The normalized spacial score (nSPS) is 16.1. The molecule has 1 saturated heterocycles. The average molecular weight is 290 g/mol. The molecule has 0 saturated carbocycles. The highest BCUT2D eigenvalue weighted by Crippen LogP contribution is 2.25. The fraction of sp³-hybridized carbons (Fsp3) is 0.538. The second-order valence-corrected chi connectivity index (χ2v) is 4.79. The van der Waals surface area contributed by atoms with Crippen molar-refractivity contribution in [2.24, 2.45) is 0 Å². The van der Waals surface area contributed by atoms with Gasteiger partial charge in [-0.15, -0.1) is 23.2 Å². The maximum Gasteiger partial charge on any atom is 0.184 e. The van der Waals surface area contributed by atoms with Gasteiger partial charge in [0.25, 0.3) is 0 Å². The molecule has 1 aromatic carbocycles. The minimum Gasteiger partial charge on any atom is -0.369 e. The van der Waals surface area contributed by atoms with Crippen LogP contribution in [0.4, 0.5) is 5.69 Å². The van der Waals surface area contributed by atoms with Gasteiger partial charge in [0.05, 0.1) is 13.2 Å². The standard InChI is InChI=1S/C13H17Cl2NO2/c14-5-7-16(8-6-15)12-3-1-11(2-4-12)13-17-9-10-18-13/h1-4,13H,5-10H2. The number of benzene rings is 1. The van der Waals surface area contributed by atoms with Crippen LogP contribution in [-0.2, 0) is 9.47 Å². The van der Waals surface area contributed by atoms with Crippen LogP contribution in [0.1, 0.15) is 11.9 Å². The Bertz CT molecular complexity index is 347. The van der Waals surface area contributed by atoms with Crippen LogP contribution in [0.15, 0.2) is 24.3 Å². The van der Waals surface area contributed by atoms with Gasteiger partial charge in [-0.3, -0.25) is 0 Å². The molecule has 2 rings (SSSR count). The Morgan fingerprint density at radius 1 is 1.00 bits per heavy atom. The molecule has 1 fully saturated rings. The molecule has 1 aromatic rings. The molecule has 1 aliphatic heterocycles. The van der Waals surface area contributed by atoms with Gasteiger partial charge in [0.15, 0.2) is 6.29 Å². The zero-order chi connectivity index (χ0) is 12.8. The van der Waals surface area contributed by atoms with Crippen molar-refractivity contribution in [3.63, 3.8) is 0 Å². The van der Waals surface area contributed by atoms with Gasteiger partial charge >= 0.3 is 0 Å². The fourth-order valence-corrected chi connectivity index (χ4v) is 2.38. The summed E-state index contributed by atoms with van der Waals surface area (Å²) in [7, 11) is 0. The molecule has 1 aliphatic rings. The Kier molecular flexibility index (Phi) is 5.57. The second-order valence-electron chi connectivity index (χ2n) is 4.03. The van der Waals surface area contributed by atoms with Crippen molar-refractivity contribution < 1.29 is 9.47 Å². The number of hydrogen-bond donors (Lipinski definition) is 0. The molecule has 0 N–H and O–H groups in total. The Morgan fingerprint density at radius 3 is 2.06 bits per heavy atom. The molecule has 0 unspecified atom stereocenters. The summed E-state index contributed by atoms with van der Waals surface area (Å²) in [5.41, 5.74) is 2.17. The maximum atomic E-state index is 5.79. The summed E-state index contributed by atoms with van der Waals surface area (Å²) < 4.78 is 10.9. The Labute approximate surface area is 118 Å². The summed E-state index contributed by atoms with van der Waals surface area (Å²) in [4.78, 5) is 2.17. The predicted molar refractivity (Wildman–Crippen MR) is 74.7 cm³/mol. The van der Waals surface area contributed by atoms with E-state index in [1.807, 2.05) is 12.1 Å². The number of anilines is 1. The Morgan fingerprint density at radius 2 is 1.56 bits per heavy atom. The lowest BCUT2D eigenvalue weighted by molar-refractivity contribution is -0.0441. The summed E-state index contributed by atoms with van der Waals surface area (Å²) in [6.07, 6.45) is -0.214. The third kappa shape index (κ3) is 3.51. The first-order valence-electron chi connectivity index (χ1n) is 6.05. The Hall–Kier alpha value is -0.480. The molecule has 3 nitrogen and oxygen atoms in total. The molecule has 5 heteroatoms. The summed E-state index contributed by atoms with van der Waals surface area (Å²) in [6, 6.07) is 8.17. The van der Waals surface area contributed by atoms with E-state index in [0.717, 1.165) is 24.3 Å². The van der Waals surface area contributed by atoms with Crippen molar-refractivity contribution in [3.8, 4) is 0 Å². The number of nitrogens with zero attached hydrogens (tertiary/aromatic N) is 1. The number of rotatable bonds is 6. The van der Waals surface area contributed by atoms with Gasteiger partial charge in [-0.1, -0.05) is 12.1 Å². The lowest BCUT2D eigenvalue weighted by Gasteiger charge is -2.23.